The molecule has 1 saturated heterocycles. The van der Waals surface area contributed by atoms with Gasteiger partial charge in [0, 0.05) is 30.4 Å². The third-order valence-corrected chi connectivity index (χ3v) is 6.51. The Morgan fingerprint density at radius 3 is 2.58 bits per heavy atom. The van der Waals surface area contributed by atoms with E-state index in [0.717, 1.165) is 22.5 Å². The van der Waals surface area contributed by atoms with Gasteiger partial charge in [0.25, 0.3) is 0 Å². The van der Waals surface area contributed by atoms with E-state index in [4.69, 9.17) is 16.6 Å². The Bertz CT molecular complexity index is 1360. The van der Waals surface area contributed by atoms with E-state index in [0.29, 0.717) is 23.2 Å². The zero-order valence-corrected chi connectivity index (χ0v) is 20.5. The number of hydrogen-bond acceptors (Lipinski definition) is 4. The molecule has 6 nitrogen and oxygen atoms in total. The van der Waals surface area contributed by atoms with Crippen LogP contribution >= 0.6 is 12.2 Å². The minimum atomic E-state index is -0.311. The van der Waals surface area contributed by atoms with Crippen molar-refractivity contribution in [1.29, 1.82) is 0 Å². The molecule has 2 aromatic carbocycles. The van der Waals surface area contributed by atoms with Gasteiger partial charge in [-0.3, -0.25) is 9.78 Å². The Morgan fingerprint density at radius 2 is 1.86 bits per heavy atom. The lowest BCUT2D eigenvalue weighted by Crippen LogP contribution is -2.32. The van der Waals surface area contributed by atoms with E-state index in [9.17, 15) is 9.18 Å². The Kier molecular flexibility index (Phi) is 6.77. The number of hydrogen-bond donors (Lipinski definition) is 2. The van der Waals surface area contributed by atoms with Crippen molar-refractivity contribution in [2.45, 2.75) is 25.4 Å². The molecule has 0 unspecified atom stereocenters. The molecule has 36 heavy (non-hydrogen) atoms. The Balaban J connectivity index is 1.38. The van der Waals surface area contributed by atoms with Crippen LogP contribution in [0.5, 0.6) is 0 Å². The van der Waals surface area contributed by atoms with Crippen LogP contribution in [0.2, 0.25) is 0 Å². The van der Waals surface area contributed by atoms with Crippen LogP contribution in [0.3, 0.4) is 0 Å². The van der Waals surface area contributed by atoms with E-state index in [-0.39, 0.29) is 30.2 Å². The largest absolute Gasteiger partial charge is 0.459 e. The molecule has 1 fully saturated rings. The van der Waals surface area contributed by atoms with Crippen LogP contribution in [0.4, 0.5) is 10.1 Å². The second kappa shape index (κ2) is 10.3. The second-order valence-corrected chi connectivity index (χ2v) is 9.08. The van der Waals surface area contributed by atoms with Crippen molar-refractivity contribution in [3.05, 3.63) is 108 Å². The fraction of sp³-hybridized carbons (Fsp3) is 0.179. The maximum atomic E-state index is 13.4. The van der Waals surface area contributed by atoms with Crippen LogP contribution in [-0.2, 0) is 4.79 Å². The number of aromatic nitrogens is 1. The molecular formula is C28H25FN4O2S. The van der Waals surface area contributed by atoms with Gasteiger partial charge in [0.05, 0.1) is 11.7 Å². The number of rotatable bonds is 7. The fourth-order valence-corrected chi connectivity index (χ4v) is 4.65. The number of anilines is 1. The molecule has 0 spiro atoms. The van der Waals surface area contributed by atoms with Gasteiger partial charge in [-0.1, -0.05) is 23.8 Å². The molecule has 2 atom stereocenters. The smallest absolute Gasteiger partial charge is 0.226 e. The van der Waals surface area contributed by atoms with E-state index >= 15 is 0 Å². The minimum Gasteiger partial charge on any atom is -0.459 e. The monoisotopic (exact) mass is 500 g/mol. The number of thiocarbonyl (C=S) groups is 1. The maximum Gasteiger partial charge on any atom is 0.226 e. The van der Waals surface area contributed by atoms with Crippen LogP contribution in [0.25, 0.3) is 11.3 Å². The number of carbonyl (C=O) groups excluding carboxylic acids is 1. The summed E-state index contributed by atoms with van der Waals surface area (Å²) in [6, 6.07) is 22.8. The third kappa shape index (κ3) is 5.13. The summed E-state index contributed by atoms with van der Waals surface area (Å²) in [5.74, 6) is 0.894. The Hall–Kier alpha value is -4.04. The topological polar surface area (TPSA) is 70.4 Å². The van der Waals surface area contributed by atoms with Crippen LogP contribution in [0.1, 0.15) is 35.5 Å². The highest BCUT2D eigenvalue weighted by atomic mass is 32.1. The van der Waals surface area contributed by atoms with Gasteiger partial charge in [-0.05, 0) is 79.8 Å². The lowest BCUT2D eigenvalue weighted by Gasteiger charge is -2.25. The molecule has 0 bridgehead atoms. The van der Waals surface area contributed by atoms with Crippen molar-refractivity contribution in [2.75, 3.05) is 11.9 Å². The number of nitrogens with zero attached hydrogens (tertiary/aromatic N) is 2. The molecule has 0 aliphatic carbocycles. The molecule has 1 aliphatic rings. The van der Waals surface area contributed by atoms with Gasteiger partial charge < -0.3 is 20.0 Å². The van der Waals surface area contributed by atoms with Gasteiger partial charge in [-0.2, -0.15) is 0 Å². The van der Waals surface area contributed by atoms with Gasteiger partial charge >= 0.3 is 0 Å². The molecule has 4 aromatic rings. The number of benzene rings is 2. The van der Waals surface area contributed by atoms with Gasteiger partial charge in [0.15, 0.2) is 5.11 Å². The number of carbonyl (C=O) groups is 1. The number of aryl methyl sites for hydroxylation is 1. The van der Waals surface area contributed by atoms with Crippen molar-refractivity contribution < 1.29 is 13.6 Å². The molecule has 8 heteroatoms. The molecule has 0 saturated carbocycles. The molecule has 2 aromatic heterocycles. The lowest BCUT2D eigenvalue weighted by atomic mass is 10.0. The average molecular weight is 501 g/mol. The first-order valence-electron chi connectivity index (χ1n) is 11.7. The third-order valence-electron chi connectivity index (χ3n) is 6.16. The molecular weight excluding hydrogens is 475 g/mol. The first kappa shape index (κ1) is 23.7. The van der Waals surface area contributed by atoms with Crippen molar-refractivity contribution in [1.82, 2.24) is 15.2 Å². The summed E-state index contributed by atoms with van der Waals surface area (Å²) in [4.78, 5) is 19.2. The molecule has 1 amide bonds. The van der Waals surface area contributed by atoms with Crippen molar-refractivity contribution in [3.8, 4) is 11.3 Å². The van der Waals surface area contributed by atoms with Gasteiger partial charge in [0.2, 0.25) is 5.91 Å². The van der Waals surface area contributed by atoms with Crippen molar-refractivity contribution in [2.24, 2.45) is 0 Å². The summed E-state index contributed by atoms with van der Waals surface area (Å²) in [7, 11) is 0. The van der Waals surface area contributed by atoms with E-state index in [1.54, 1.807) is 18.3 Å². The number of halogens is 1. The van der Waals surface area contributed by atoms with E-state index < -0.39 is 0 Å². The molecule has 0 radical (unpaired) electrons. The summed E-state index contributed by atoms with van der Waals surface area (Å²) in [5, 5.41) is 6.82. The molecule has 182 valence electrons. The van der Waals surface area contributed by atoms with E-state index in [2.05, 4.69) is 15.6 Å². The predicted octanol–water partition coefficient (Wildman–Crippen LogP) is 5.79. The van der Waals surface area contributed by atoms with E-state index in [1.165, 1.54) is 12.1 Å². The van der Waals surface area contributed by atoms with E-state index in [1.807, 2.05) is 66.4 Å². The standard InChI is InChI=1S/C28H25FN4O2S/c1-18-5-11-21(12-6-18)31-25(34)15-17-33-27(26(32-28(33)36)22-4-2-3-16-30-22)24-14-13-23(35-24)19-7-9-20(29)10-8-19/h2-14,16,26-27H,15,17H2,1H3,(H,31,34)(H,32,36)/t26-,27+/m1/s1. The summed E-state index contributed by atoms with van der Waals surface area (Å²) in [5.41, 5.74) is 3.47. The zero-order chi connectivity index (χ0) is 25.1. The molecule has 3 heterocycles. The zero-order valence-electron chi connectivity index (χ0n) is 19.6. The summed E-state index contributed by atoms with van der Waals surface area (Å²) >= 11 is 5.68. The lowest BCUT2D eigenvalue weighted by molar-refractivity contribution is -0.116. The van der Waals surface area contributed by atoms with Crippen LogP contribution in [0.15, 0.2) is 89.5 Å². The first-order chi connectivity index (χ1) is 17.5. The van der Waals surface area contributed by atoms with Crippen LogP contribution in [0, 0.1) is 12.7 Å². The Labute approximate surface area is 214 Å². The van der Waals surface area contributed by atoms with Crippen molar-refractivity contribution in [3.63, 3.8) is 0 Å². The quantitative estimate of drug-likeness (QED) is 0.313. The van der Waals surface area contributed by atoms with Crippen LogP contribution in [-0.4, -0.2) is 27.4 Å². The van der Waals surface area contributed by atoms with Gasteiger partial charge in [0.1, 0.15) is 23.4 Å². The summed E-state index contributed by atoms with van der Waals surface area (Å²) < 4.78 is 19.6. The normalized spacial score (nSPS) is 17.2. The highest BCUT2D eigenvalue weighted by Gasteiger charge is 2.41. The fourth-order valence-electron chi connectivity index (χ4n) is 4.32. The first-order valence-corrected chi connectivity index (χ1v) is 12.1. The maximum absolute atomic E-state index is 13.4. The Morgan fingerprint density at radius 1 is 1.08 bits per heavy atom. The summed E-state index contributed by atoms with van der Waals surface area (Å²) in [6.07, 6.45) is 1.98. The molecule has 1 aliphatic heterocycles. The second-order valence-electron chi connectivity index (χ2n) is 8.69. The summed E-state index contributed by atoms with van der Waals surface area (Å²) in [6.45, 7) is 2.39. The molecule has 2 N–H and O–H groups in total. The number of pyridine rings is 1. The SMILES string of the molecule is Cc1ccc(NC(=O)CCN2C(=S)N[C@H](c3ccccn3)[C@@H]2c2ccc(-c3ccc(F)cc3)o2)cc1. The number of nitrogens with one attached hydrogen (secondary N) is 2. The van der Waals surface area contributed by atoms with Gasteiger partial charge in [-0.15, -0.1) is 0 Å². The molecule has 5 rings (SSSR count). The van der Waals surface area contributed by atoms with Crippen LogP contribution < -0.4 is 10.6 Å². The predicted molar refractivity (Wildman–Crippen MR) is 141 cm³/mol. The average Bonchev–Trinajstić information content (AvgIpc) is 3.50. The number of amides is 1. The van der Waals surface area contributed by atoms with Gasteiger partial charge in [-0.25, -0.2) is 4.39 Å². The minimum absolute atomic E-state index is 0.104. The van der Waals surface area contributed by atoms with Crippen molar-refractivity contribution >= 4 is 28.9 Å². The highest BCUT2D eigenvalue weighted by Crippen LogP contribution is 2.40. The number of furan rings is 1. The highest BCUT2D eigenvalue weighted by molar-refractivity contribution is 7.80.